The summed E-state index contributed by atoms with van der Waals surface area (Å²) in [5.41, 5.74) is 2.73. The Labute approximate surface area is 178 Å². The van der Waals surface area contributed by atoms with E-state index in [9.17, 15) is 13.2 Å². The number of sulfonamides is 1. The van der Waals surface area contributed by atoms with Crippen LogP contribution >= 0.6 is 0 Å². The Hall–Kier alpha value is -2.38. The van der Waals surface area contributed by atoms with Crippen LogP contribution in [0.3, 0.4) is 0 Å². The first-order valence-electron chi connectivity index (χ1n) is 10.8. The fourth-order valence-corrected chi connectivity index (χ4v) is 5.63. The predicted octanol–water partition coefficient (Wildman–Crippen LogP) is 3.39. The van der Waals surface area contributed by atoms with Crippen molar-refractivity contribution in [3.05, 3.63) is 59.7 Å². The molecule has 2 aliphatic heterocycles. The van der Waals surface area contributed by atoms with Gasteiger partial charge in [0.2, 0.25) is 10.0 Å². The highest BCUT2D eigenvalue weighted by Gasteiger charge is 2.27. The molecule has 2 heterocycles. The van der Waals surface area contributed by atoms with Gasteiger partial charge in [0.05, 0.1) is 4.90 Å². The lowest BCUT2D eigenvalue weighted by atomic mass is 10.1. The number of amides is 1. The molecule has 2 fully saturated rings. The summed E-state index contributed by atoms with van der Waals surface area (Å²) in [6, 6.07) is 14.5. The Morgan fingerprint density at radius 1 is 0.800 bits per heavy atom. The standard InChI is InChI=1S/C23H29N3O3S/c27-23(20-8-12-22(13-9-20)30(28,29)26-16-4-5-17-26)24-18-19-6-10-21(11-7-19)25-14-2-1-3-15-25/h6-13H,1-5,14-18H2,(H,24,27). The van der Waals surface area contributed by atoms with E-state index in [2.05, 4.69) is 34.5 Å². The van der Waals surface area contributed by atoms with E-state index in [1.165, 1.54) is 41.4 Å². The minimum absolute atomic E-state index is 0.208. The highest BCUT2D eigenvalue weighted by atomic mass is 32.2. The van der Waals surface area contributed by atoms with Crippen LogP contribution in [0.5, 0.6) is 0 Å². The van der Waals surface area contributed by atoms with E-state index in [4.69, 9.17) is 0 Å². The van der Waals surface area contributed by atoms with E-state index in [1.807, 2.05) is 0 Å². The van der Waals surface area contributed by atoms with Crippen molar-refractivity contribution in [2.45, 2.75) is 43.5 Å². The summed E-state index contributed by atoms with van der Waals surface area (Å²) in [6.45, 7) is 3.80. The summed E-state index contributed by atoms with van der Waals surface area (Å²) in [5.74, 6) is -0.208. The molecule has 160 valence electrons. The second-order valence-electron chi connectivity index (χ2n) is 8.03. The average Bonchev–Trinajstić information content (AvgIpc) is 3.34. The van der Waals surface area contributed by atoms with Gasteiger partial charge in [-0.05, 0) is 74.1 Å². The number of hydrogen-bond donors (Lipinski definition) is 1. The number of piperidine rings is 1. The number of rotatable bonds is 6. The quantitative estimate of drug-likeness (QED) is 0.767. The molecule has 0 aromatic heterocycles. The van der Waals surface area contributed by atoms with Gasteiger partial charge < -0.3 is 10.2 Å². The van der Waals surface area contributed by atoms with Crippen molar-refractivity contribution >= 4 is 21.6 Å². The first-order valence-corrected chi connectivity index (χ1v) is 12.2. The SMILES string of the molecule is O=C(NCc1ccc(N2CCCCC2)cc1)c1ccc(S(=O)(=O)N2CCCC2)cc1. The molecule has 2 aliphatic rings. The molecule has 0 atom stereocenters. The van der Waals surface area contributed by atoms with Crippen molar-refractivity contribution in [3.63, 3.8) is 0 Å². The molecular formula is C23H29N3O3S. The van der Waals surface area contributed by atoms with Gasteiger partial charge in [0.25, 0.3) is 5.91 Å². The van der Waals surface area contributed by atoms with E-state index in [1.54, 1.807) is 12.1 Å². The molecule has 0 radical (unpaired) electrons. The zero-order valence-electron chi connectivity index (χ0n) is 17.2. The van der Waals surface area contributed by atoms with E-state index in [0.717, 1.165) is 31.5 Å². The number of anilines is 1. The molecule has 2 aromatic carbocycles. The van der Waals surface area contributed by atoms with Gasteiger partial charge in [-0.1, -0.05) is 12.1 Å². The van der Waals surface area contributed by atoms with Gasteiger partial charge in [-0.25, -0.2) is 8.42 Å². The monoisotopic (exact) mass is 427 g/mol. The van der Waals surface area contributed by atoms with Gasteiger partial charge in [0.1, 0.15) is 0 Å². The first-order chi connectivity index (χ1) is 14.5. The molecule has 1 N–H and O–H groups in total. The lowest BCUT2D eigenvalue weighted by molar-refractivity contribution is 0.0951. The number of carbonyl (C=O) groups excluding carboxylic acids is 1. The Bertz CT molecular complexity index is 960. The van der Waals surface area contributed by atoms with Crippen molar-refractivity contribution in [2.75, 3.05) is 31.1 Å². The maximum atomic E-state index is 12.6. The van der Waals surface area contributed by atoms with Gasteiger partial charge in [-0.2, -0.15) is 4.31 Å². The summed E-state index contributed by atoms with van der Waals surface area (Å²) in [5, 5.41) is 2.92. The van der Waals surface area contributed by atoms with E-state index in [0.29, 0.717) is 25.2 Å². The summed E-state index contributed by atoms with van der Waals surface area (Å²) >= 11 is 0. The van der Waals surface area contributed by atoms with Crippen LogP contribution in [0.25, 0.3) is 0 Å². The molecule has 0 aliphatic carbocycles. The van der Waals surface area contributed by atoms with Crippen LogP contribution in [-0.2, 0) is 16.6 Å². The molecule has 0 spiro atoms. The fourth-order valence-electron chi connectivity index (χ4n) is 4.12. The van der Waals surface area contributed by atoms with Crippen LogP contribution in [-0.4, -0.2) is 44.8 Å². The second kappa shape index (κ2) is 9.18. The molecule has 2 aromatic rings. The van der Waals surface area contributed by atoms with Crippen LogP contribution in [0.2, 0.25) is 0 Å². The minimum Gasteiger partial charge on any atom is -0.372 e. The highest BCUT2D eigenvalue weighted by molar-refractivity contribution is 7.89. The highest BCUT2D eigenvalue weighted by Crippen LogP contribution is 2.22. The number of nitrogens with one attached hydrogen (secondary N) is 1. The first kappa shape index (κ1) is 20.9. The molecule has 0 unspecified atom stereocenters. The van der Waals surface area contributed by atoms with Crippen molar-refractivity contribution in [2.24, 2.45) is 0 Å². The molecule has 6 nitrogen and oxygen atoms in total. The Balaban J connectivity index is 1.33. The topological polar surface area (TPSA) is 69.7 Å². The fraction of sp³-hybridized carbons (Fsp3) is 0.435. The lowest BCUT2D eigenvalue weighted by Gasteiger charge is -2.28. The minimum atomic E-state index is -3.45. The van der Waals surface area contributed by atoms with Gasteiger partial charge in [0, 0.05) is 44.0 Å². The lowest BCUT2D eigenvalue weighted by Crippen LogP contribution is -2.29. The van der Waals surface area contributed by atoms with Gasteiger partial charge in [0.15, 0.2) is 0 Å². The van der Waals surface area contributed by atoms with E-state index in [-0.39, 0.29) is 10.8 Å². The van der Waals surface area contributed by atoms with Crippen LogP contribution in [0, 0.1) is 0 Å². The molecule has 7 heteroatoms. The number of nitrogens with zero attached hydrogens (tertiary/aromatic N) is 2. The van der Waals surface area contributed by atoms with E-state index < -0.39 is 10.0 Å². The van der Waals surface area contributed by atoms with Gasteiger partial charge in [-0.15, -0.1) is 0 Å². The van der Waals surface area contributed by atoms with Crippen molar-refractivity contribution in [1.82, 2.24) is 9.62 Å². The van der Waals surface area contributed by atoms with Crippen LogP contribution in [0.15, 0.2) is 53.4 Å². The van der Waals surface area contributed by atoms with Gasteiger partial charge >= 0.3 is 0 Å². The Morgan fingerprint density at radius 2 is 1.40 bits per heavy atom. The maximum absolute atomic E-state index is 12.6. The van der Waals surface area contributed by atoms with Crippen molar-refractivity contribution in [3.8, 4) is 0 Å². The molecule has 2 saturated heterocycles. The molecular weight excluding hydrogens is 398 g/mol. The van der Waals surface area contributed by atoms with Crippen LogP contribution in [0.1, 0.15) is 48.0 Å². The number of benzene rings is 2. The number of carbonyl (C=O) groups is 1. The van der Waals surface area contributed by atoms with Gasteiger partial charge in [-0.3, -0.25) is 4.79 Å². The van der Waals surface area contributed by atoms with Crippen LogP contribution in [0.4, 0.5) is 5.69 Å². The third-order valence-electron chi connectivity index (χ3n) is 5.93. The molecule has 30 heavy (non-hydrogen) atoms. The summed E-state index contributed by atoms with van der Waals surface area (Å²) in [7, 11) is -3.45. The predicted molar refractivity (Wildman–Crippen MR) is 118 cm³/mol. The molecule has 0 bridgehead atoms. The van der Waals surface area contributed by atoms with Crippen molar-refractivity contribution in [1.29, 1.82) is 0 Å². The summed E-state index contributed by atoms with van der Waals surface area (Å²) < 4.78 is 26.7. The normalized spacial score (nSPS) is 17.8. The largest absolute Gasteiger partial charge is 0.372 e. The molecule has 4 rings (SSSR count). The Kier molecular flexibility index (Phi) is 6.39. The third kappa shape index (κ3) is 4.68. The zero-order valence-corrected chi connectivity index (χ0v) is 18.0. The average molecular weight is 428 g/mol. The smallest absolute Gasteiger partial charge is 0.251 e. The second-order valence-corrected chi connectivity index (χ2v) is 9.97. The number of hydrogen-bond acceptors (Lipinski definition) is 4. The zero-order chi connectivity index (χ0) is 21.0. The van der Waals surface area contributed by atoms with Crippen molar-refractivity contribution < 1.29 is 13.2 Å². The summed E-state index contributed by atoms with van der Waals surface area (Å²) in [6.07, 6.45) is 5.61. The van der Waals surface area contributed by atoms with E-state index >= 15 is 0 Å². The molecule has 0 saturated carbocycles. The third-order valence-corrected chi connectivity index (χ3v) is 7.84. The Morgan fingerprint density at radius 3 is 2.03 bits per heavy atom. The summed E-state index contributed by atoms with van der Waals surface area (Å²) in [4.78, 5) is 15.1. The maximum Gasteiger partial charge on any atom is 0.251 e. The molecule has 1 amide bonds. The van der Waals surface area contributed by atoms with Crippen LogP contribution < -0.4 is 10.2 Å².